The van der Waals surface area contributed by atoms with Crippen molar-refractivity contribution in [3.63, 3.8) is 0 Å². The number of hydrogen-bond donors (Lipinski definition) is 0. The minimum atomic E-state index is 0.570. The second kappa shape index (κ2) is 7.77. The molecule has 0 saturated heterocycles. The molecule has 0 saturated carbocycles. The van der Waals surface area contributed by atoms with Gasteiger partial charge in [0.05, 0.1) is 6.61 Å². The Hall–Kier alpha value is -1.58. The van der Waals surface area contributed by atoms with E-state index in [-0.39, 0.29) is 0 Å². The lowest BCUT2D eigenvalue weighted by Crippen LogP contribution is -2.08. The first-order chi connectivity index (χ1) is 9.42. The van der Waals surface area contributed by atoms with Crippen LogP contribution in [0.3, 0.4) is 0 Å². The van der Waals surface area contributed by atoms with Crippen LogP contribution < -0.4 is 4.74 Å². The summed E-state index contributed by atoms with van der Waals surface area (Å²) in [5.74, 6) is 0.915. The fourth-order valence-corrected chi connectivity index (χ4v) is 1.94. The van der Waals surface area contributed by atoms with Gasteiger partial charge in [-0.15, -0.1) is 0 Å². The first-order valence-electron chi connectivity index (χ1n) is 6.59. The number of rotatable bonds is 8. The summed E-state index contributed by atoms with van der Waals surface area (Å²) in [6, 6.07) is 14.3. The molecular formula is C16H20O3. The molecule has 0 bridgehead atoms. The maximum absolute atomic E-state index is 5.77. The third-order valence-corrected chi connectivity index (χ3v) is 2.87. The molecule has 3 heteroatoms. The van der Waals surface area contributed by atoms with Crippen LogP contribution in [-0.2, 0) is 9.47 Å². The first kappa shape index (κ1) is 13.8. The molecule has 0 unspecified atom stereocenters. The van der Waals surface area contributed by atoms with E-state index in [1.807, 2.05) is 24.3 Å². The van der Waals surface area contributed by atoms with Gasteiger partial charge in [-0.3, -0.25) is 0 Å². The van der Waals surface area contributed by atoms with E-state index in [1.54, 1.807) is 7.11 Å². The van der Waals surface area contributed by atoms with Crippen LogP contribution in [0.1, 0.15) is 6.42 Å². The minimum absolute atomic E-state index is 0.570. The van der Waals surface area contributed by atoms with Crippen molar-refractivity contribution in [2.45, 2.75) is 6.42 Å². The van der Waals surface area contributed by atoms with Crippen LogP contribution in [0, 0.1) is 0 Å². The Morgan fingerprint density at radius 2 is 1.68 bits per heavy atom. The van der Waals surface area contributed by atoms with Crippen molar-refractivity contribution < 1.29 is 14.2 Å². The van der Waals surface area contributed by atoms with Gasteiger partial charge < -0.3 is 14.2 Å². The summed E-state index contributed by atoms with van der Waals surface area (Å²) in [6.45, 7) is 2.63. The third kappa shape index (κ3) is 4.23. The average molecular weight is 260 g/mol. The molecule has 2 rings (SSSR count). The van der Waals surface area contributed by atoms with Gasteiger partial charge >= 0.3 is 0 Å². The maximum atomic E-state index is 5.77. The molecule has 0 amide bonds. The molecule has 19 heavy (non-hydrogen) atoms. The normalized spacial score (nSPS) is 10.8. The molecule has 0 aliphatic rings. The van der Waals surface area contributed by atoms with Crippen molar-refractivity contribution >= 4 is 10.8 Å². The third-order valence-electron chi connectivity index (χ3n) is 2.87. The van der Waals surface area contributed by atoms with Crippen LogP contribution in [0.15, 0.2) is 42.5 Å². The molecule has 0 N–H and O–H groups in total. The van der Waals surface area contributed by atoms with Crippen LogP contribution in [0.4, 0.5) is 0 Å². The zero-order chi connectivity index (χ0) is 13.3. The molecular weight excluding hydrogens is 240 g/mol. The highest BCUT2D eigenvalue weighted by molar-refractivity contribution is 5.88. The van der Waals surface area contributed by atoms with Crippen molar-refractivity contribution in [3.8, 4) is 5.75 Å². The molecule has 0 spiro atoms. The highest BCUT2D eigenvalue weighted by atomic mass is 16.5. The van der Waals surface area contributed by atoms with E-state index >= 15 is 0 Å². The van der Waals surface area contributed by atoms with Crippen LogP contribution >= 0.6 is 0 Å². The lowest BCUT2D eigenvalue weighted by atomic mass is 10.1. The molecule has 0 aromatic heterocycles. The minimum Gasteiger partial charge on any atom is -0.491 e. The zero-order valence-electron chi connectivity index (χ0n) is 11.3. The van der Waals surface area contributed by atoms with Gasteiger partial charge in [0.1, 0.15) is 12.4 Å². The molecule has 102 valence electrons. The Morgan fingerprint density at radius 3 is 2.58 bits per heavy atom. The van der Waals surface area contributed by atoms with Gasteiger partial charge in [0.15, 0.2) is 0 Å². The fourth-order valence-electron chi connectivity index (χ4n) is 1.94. The Balaban J connectivity index is 1.78. The second-order valence-corrected chi connectivity index (χ2v) is 4.28. The lowest BCUT2D eigenvalue weighted by molar-refractivity contribution is 0.0810. The number of methoxy groups -OCH3 is 1. The van der Waals surface area contributed by atoms with Crippen LogP contribution in [-0.4, -0.2) is 33.5 Å². The number of hydrogen-bond acceptors (Lipinski definition) is 3. The van der Waals surface area contributed by atoms with E-state index in [2.05, 4.69) is 18.2 Å². The fraction of sp³-hybridized carbons (Fsp3) is 0.375. The van der Waals surface area contributed by atoms with Crippen molar-refractivity contribution in [1.29, 1.82) is 0 Å². The molecule has 0 aliphatic heterocycles. The summed E-state index contributed by atoms with van der Waals surface area (Å²) < 4.78 is 16.2. The van der Waals surface area contributed by atoms with Crippen molar-refractivity contribution in [3.05, 3.63) is 42.5 Å². The molecule has 2 aromatic rings. The van der Waals surface area contributed by atoms with Gasteiger partial charge in [-0.25, -0.2) is 0 Å². The highest BCUT2D eigenvalue weighted by Gasteiger charge is 2.00. The predicted octanol–water partition coefficient (Wildman–Crippen LogP) is 3.27. The Bertz CT molecular complexity index is 491. The number of ether oxygens (including phenoxy) is 3. The van der Waals surface area contributed by atoms with E-state index in [9.17, 15) is 0 Å². The molecule has 3 nitrogen and oxygen atoms in total. The molecule has 0 aliphatic carbocycles. The van der Waals surface area contributed by atoms with Crippen molar-refractivity contribution in [1.82, 2.24) is 0 Å². The Labute approximate surface area is 114 Å². The largest absolute Gasteiger partial charge is 0.491 e. The first-order valence-corrected chi connectivity index (χ1v) is 6.59. The summed E-state index contributed by atoms with van der Waals surface area (Å²) in [7, 11) is 1.70. The van der Waals surface area contributed by atoms with Gasteiger partial charge in [0.25, 0.3) is 0 Å². The molecule has 0 fully saturated rings. The van der Waals surface area contributed by atoms with E-state index < -0.39 is 0 Å². The van der Waals surface area contributed by atoms with E-state index in [0.29, 0.717) is 19.8 Å². The van der Waals surface area contributed by atoms with Crippen LogP contribution in [0.2, 0.25) is 0 Å². The standard InChI is InChI=1S/C16H20O3/c1-17-10-5-11-18-12-13-19-16-9-4-7-14-6-2-3-8-15(14)16/h2-4,6-9H,5,10-13H2,1H3. The van der Waals surface area contributed by atoms with Crippen molar-refractivity contribution in [2.24, 2.45) is 0 Å². The second-order valence-electron chi connectivity index (χ2n) is 4.28. The summed E-state index contributed by atoms with van der Waals surface area (Å²) in [4.78, 5) is 0. The average Bonchev–Trinajstić information content (AvgIpc) is 2.46. The Morgan fingerprint density at radius 1 is 0.842 bits per heavy atom. The van der Waals surface area contributed by atoms with Crippen LogP contribution in [0.25, 0.3) is 10.8 Å². The molecule has 0 heterocycles. The Kier molecular flexibility index (Phi) is 5.66. The van der Waals surface area contributed by atoms with Gasteiger partial charge in [0.2, 0.25) is 0 Å². The zero-order valence-corrected chi connectivity index (χ0v) is 11.3. The summed E-state index contributed by atoms with van der Waals surface area (Å²) >= 11 is 0. The number of fused-ring (bicyclic) bond motifs is 1. The summed E-state index contributed by atoms with van der Waals surface area (Å²) in [5, 5.41) is 2.34. The summed E-state index contributed by atoms with van der Waals surface area (Å²) in [6.07, 6.45) is 0.921. The highest BCUT2D eigenvalue weighted by Crippen LogP contribution is 2.24. The summed E-state index contributed by atoms with van der Waals surface area (Å²) in [5.41, 5.74) is 0. The lowest BCUT2D eigenvalue weighted by Gasteiger charge is -2.09. The van der Waals surface area contributed by atoms with Gasteiger partial charge in [-0.05, 0) is 17.9 Å². The topological polar surface area (TPSA) is 27.7 Å². The van der Waals surface area contributed by atoms with E-state index in [4.69, 9.17) is 14.2 Å². The van der Waals surface area contributed by atoms with Crippen LogP contribution in [0.5, 0.6) is 5.75 Å². The molecule has 2 aromatic carbocycles. The van der Waals surface area contributed by atoms with Crippen molar-refractivity contribution in [2.75, 3.05) is 33.5 Å². The van der Waals surface area contributed by atoms with E-state index in [0.717, 1.165) is 24.2 Å². The van der Waals surface area contributed by atoms with Gasteiger partial charge in [-0.2, -0.15) is 0 Å². The SMILES string of the molecule is COCCCOCCOc1cccc2ccccc12. The smallest absolute Gasteiger partial charge is 0.127 e. The maximum Gasteiger partial charge on any atom is 0.127 e. The number of benzene rings is 2. The van der Waals surface area contributed by atoms with Gasteiger partial charge in [0, 0.05) is 25.7 Å². The molecule has 0 radical (unpaired) electrons. The predicted molar refractivity (Wildman–Crippen MR) is 76.8 cm³/mol. The quantitative estimate of drug-likeness (QED) is 0.682. The van der Waals surface area contributed by atoms with E-state index in [1.165, 1.54) is 5.39 Å². The van der Waals surface area contributed by atoms with Gasteiger partial charge in [-0.1, -0.05) is 36.4 Å². The monoisotopic (exact) mass is 260 g/mol. The molecule has 0 atom stereocenters.